The van der Waals surface area contributed by atoms with Crippen LogP contribution in [0.15, 0.2) is 30.3 Å². The molecular weight excluding hydrogens is 244 g/mol. The molecule has 1 aromatic carbocycles. The van der Waals surface area contributed by atoms with Crippen LogP contribution in [0.1, 0.15) is 5.56 Å². The van der Waals surface area contributed by atoms with E-state index in [2.05, 4.69) is 5.32 Å². The minimum Gasteiger partial charge on any atom is -0.480 e. The number of hydrogen-bond acceptors (Lipinski definition) is 3. The number of rotatable bonds is 5. The van der Waals surface area contributed by atoms with Crippen molar-refractivity contribution >= 4 is 24.3 Å². The molecule has 1 unspecified atom stereocenters. The first-order valence-electron chi connectivity index (χ1n) is 4.89. The van der Waals surface area contributed by atoms with E-state index in [1.165, 1.54) is 0 Å². The average Bonchev–Trinajstić information content (AvgIpc) is 2.29. The molecule has 0 aliphatic heterocycles. The SMILES string of the molecule is Cl.NCC(=O)NC(Cc1ccccc1)C(=O)O. The third-order valence-corrected chi connectivity index (χ3v) is 2.10. The van der Waals surface area contributed by atoms with Gasteiger partial charge in [-0.2, -0.15) is 0 Å². The zero-order valence-corrected chi connectivity index (χ0v) is 9.94. The number of aliphatic carboxylic acids is 1. The lowest BCUT2D eigenvalue weighted by Gasteiger charge is -2.13. The Morgan fingerprint density at radius 3 is 2.35 bits per heavy atom. The monoisotopic (exact) mass is 258 g/mol. The second-order valence-corrected chi connectivity index (χ2v) is 3.35. The second kappa shape index (κ2) is 7.65. The summed E-state index contributed by atoms with van der Waals surface area (Å²) in [6.07, 6.45) is 0.252. The Hall–Kier alpha value is -1.59. The van der Waals surface area contributed by atoms with Gasteiger partial charge in [-0.05, 0) is 5.56 Å². The van der Waals surface area contributed by atoms with Crippen molar-refractivity contribution in [1.29, 1.82) is 0 Å². The number of amides is 1. The van der Waals surface area contributed by atoms with Crippen molar-refractivity contribution < 1.29 is 14.7 Å². The lowest BCUT2D eigenvalue weighted by atomic mass is 10.1. The van der Waals surface area contributed by atoms with Gasteiger partial charge in [-0.25, -0.2) is 4.79 Å². The van der Waals surface area contributed by atoms with E-state index >= 15 is 0 Å². The Morgan fingerprint density at radius 1 is 1.29 bits per heavy atom. The van der Waals surface area contributed by atoms with Crippen LogP contribution < -0.4 is 11.1 Å². The third-order valence-electron chi connectivity index (χ3n) is 2.10. The zero-order valence-electron chi connectivity index (χ0n) is 9.13. The molecule has 0 saturated heterocycles. The third kappa shape index (κ3) is 5.33. The first kappa shape index (κ1) is 15.4. The molecule has 4 N–H and O–H groups in total. The first-order chi connectivity index (χ1) is 7.63. The van der Waals surface area contributed by atoms with E-state index in [9.17, 15) is 9.59 Å². The number of carboxylic acids is 1. The molecule has 17 heavy (non-hydrogen) atoms. The van der Waals surface area contributed by atoms with Crippen molar-refractivity contribution in [2.24, 2.45) is 5.73 Å². The van der Waals surface area contributed by atoms with Gasteiger partial charge in [0.25, 0.3) is 0 Å². The van der Waals surface area contributed by atoms with Crippen molar-refractivity contribution in [3.63, 3.8) is 0 Å². The highest BCUT2D eigenvalue weighted by Crippen LogP contribution is 2.03. The van der Waals surface area contributed by atoms with Crippen molar-refractivity contribution in [2.45, 2.75) is 12.5 Å². The van der Waals surface area contributed by atoms with E-state index in [1.54, 1.807) is 0 Å². The van der Waals surface area contributed by atoms with Gasteiger partial charge in [0.05, 0.1) is 6.54 Å². The Balaban J connectivity index is 0.00000256. The van der Waals surface area contributed by atoms with Crippen LogP contribution in [-0.2, 0) is 16.0 Å². The van der Waals surface area contributed by atoms with E-state index < -0.39 is 17.9 Å². The van der Waals surface area contributed by atoms with E-state index in [0.29, 0.717) is 0 Å². The van der Waals surface area contributed by atoms with Crippen LogP contribution in [0.2, 0.25) is 0 Å². The number of carbonyl (C=O) groups excluding carboxylic acids is 1. The Morgan fingerprint density at radius 2 is 1.88 bits per heavy atom. The van der Waals surface area contributed by atoms with Crippen molar-refractivity contribution in [3.05, 3.63) is 35.9 Å². The molecule has 1 atom stereocenters. The number of carboxylic acid groups (broad SMARTS) is 1. The van der Waals surface area contributed by atoms with Gasteiger partial charge in [-0.3, -0.25) is 4.79 Å². The van der Waals surface area contributed by atoms with Crippen LogP contribution in [0.25, 0.3) is 0 Å². The van der Waals surface area contributed by atoms with Crippen molar-refractivity contribution in [3.8, 4) is 0 Å². The van der Waals surface area contributed by atoms with Gasteiger partial charge in [-0.1, -0.05) is 30.3 Å². The molecule has 1 aromatic rings. The van der Waals surface area contributed by atoms with Gasteiger partial charge in [0.1, 0.15) is 6.04 Å². The molecule has 0 aliphatic carbocycles. The number of halogens is 1. The molecule has 94 valence electrons. The maximum atomic E-state index is 11.0. The lowest BCUT2D eigenvalue weighted by Crippen LogP contribution is -2.44. The molecule has 0 heterocycles. The van der Waals surface area contributed by atoms with E-state index in [-0.39, 0.29) is 25.4 Å². The fraction of sp³-hybridized carbons (Fsp3) is 0.273. The summed E-state index contributed by atoms with van der Waals surface area (Å²) in [6.45, 7) is -0.210. The molecule has 0 aliphatic rings. The van der Waals surface area contributed by atoms with Gasteiger partial charge in [0, 0.05) is 6.42 Å². The van der Waals surface area contributed by atoms with E-state index in [0.717, 1.165) is 5.56 Å². The van der Waals surface area contributed by atoms with Crippen LogP contribution in [0.5, 0.6) is 0 Å². The average molecular weight is 259 g/mol. The first-order valence-corrected chi connectivity index (χ1v) is 4.89. The minimum atomic E-state index is -1.06. The normalized spacial score (nSPS) is 11.1. The highest BCUT2D eigenvalue weighted by Gasteiger charge is 2.19. The molecule has 5 nitrogen and oxygen atoms in total. The molecule has 0 bridgehead atoms. The van der Waals surface area contributed by atoms with Gasteiger partial charge < -0.3 is 16.2 Å². The number of hydrogen-bond donors (Lipinski definition) is 3. The predicted molar refractivity (Wildman–Crippen MR) is 66.0 cm³/mol. The van der Waals surface area contributed by atoms with E-state index in [1.807, 2.05) is 30.3 Å². The van der Waals surface area contributed by atoms with Crippen LogP contribution in [-0.4, -0.2) is 29.6 Å². The number of nitrogens with two attached hydrogens (primary N) is 1. The number of carbonyl (C=O) groups is 2. The largest absolute Gasteiger partial charge is 0.480 e. The van der Waals surface area contributed by atoms with Gasteiger partial charge >= 0.3 is 5.97 Å². The molecule has 6 heteroatoms. The van der Waals surface area contributed by atoms with Crippen LogP contribution in [0.3, 0.4) is 0 Å². The van der Waals surface area contributed by atoms with E-state index in [4.69, 9.17) is 10.8 Å². The Labute approximate surface area is 105 Å². The quantitative estimate of drug-likeness (QED) is 0.702. The standard InChI is InChI=1S/C11H14N2O3.ClH/c12-7-10(14)13-9(11(15)16)6-8-4-2-1-3-5-8;/h1-5,9H,6-7,12H2,(H,13,14)(H,15,16);1H. The summed E-state index contributed by atoms with van der Waals surface area (Å²) < 4.78 is 0. The molecule has 1 rings (SSSR count). The van der Waals surface area contributed by atoms with Gasteiger partial charge in [-0.15, -0.1) is 12.4 Å². The molecule has 0 spiro atoms. The molecule has 0 fully saturated rings. The summed E-state index contributed by atoms with van der Waals surface area (Å²) >= 11 is 0. The summed E-state index contributed by atoms with van der Waals surface area (Å²) in [5.41, 5.74) is 5.96. The Kier molecular flexibility index (Phi) is 6.93. The summed E-state index contributed by atoms with van der Waals surface area (Å²) in [4.78, 5) is 21.9. The summed E-state index contributed by atoms with van der Waals surface area (Å²) in [6, 6.07) is 8.17. The maximum Gasteiger partial charge on any atom is 0.326 e. The topological polar surface area (TPSA) is 92.4 Å². The Bertz CT molecular complexity index is 370. The smallest absolute Gasteiger partial charge is 0.326 e. The fourth-order valence-electron chi connectivity index (χ4n) is 1.30. The van der Waals surface area contributed by atoms with Crippen LogP contribution in [0, 0.1) is 0 Å². The summed E-state index contributed by atoms with van der Waals surface area (Å²) in [5.74, 6) is -1.53. The molecule has 0 saturated carbocycles. The van der Waals surface area contributed by atoms with Crippen molar-refractivity contribution in [2.75, 3.05) is 6.54 Å². The maximum absolute atomic E-state index is 11.0. The lowest BCUT2D eigenvalue weighted by molar-refractivity contribution is -0.141. The van der Waals surface area contributed by atoms with Gasteiger partial charge in [0.15, 0.2) is 0 Å². The second-order valence-electron chi connectivity index (χ2n) is 3.35. The molecule has 0 radical (unpaired) electrons. The fourth-order valence-corrected chi connectivity index (χ4v) is 1.30. The molecule has 1 amide bonds. The number of nitrogens with one attached hydrogen (secondary N) is 1. The van der Waals surface area contributed by atoms with Crippen molar-refractivity contribution in [1.82, 2.24) is 5.32 Å². The predicted octanol–water partition coefficient (Wildman–Crippen LogP) is 0.179. The van der Waals surface area contributed by atoms with Crippen LogP contribution >= 0.6 is 12.4 Å². The molecular formula is C11H15ClN2O3. The highest BCUT2D eigenvalue weighted by atomic mass is 35.5. The van der Waals surface area contributed by atoms with Crippen LogP contribution in [0.4, 0.5) is 0 Å². The summed E-state index contributed by atoms with van der Waals surface area (Å²) in [5, 5.41) is 11.3. The zero-order chi connectivity index (χ0) is 12.0. The minimum absolute atomic E-state index is 0. The highest BCUT2D eigenvalue weighted by molar-refractivity contribution is 5.85. The number of benzene rings is 1. The van der Waals surface area contributed by atoms with Gasteiger partial charge in [0.2, 0.25) is 5.91 Å². The molecule has 0 aromatic heterocycles. The summed E-state index contributed by atoms with van der Waals surface area (Å²) in [7, 11) is 0.